The van der Waals surface area contributed by atoms with Crippen molar-refractivity contribution in [2.75, 3.05) is 21.3 Å². The first-order valence-electron chi connectivity index (χ1n) is 9.24. The van der Waals surface area contributed by atoms with Crippen molar-refractivity contribution in [2.24, 2.45) is 5.10 Å². The van der Waals surface area contributed by atoms with Crippen molar-refractivity contribution in [3.05, 3.63) is 58.8 Å². The summed E-state index contributed by atoms with van der Waals surface area (Å²) in [7, 11) is 4.59. The van der Waals surface area contributed by atoms with Gasteiger partial charge in [0.25, 0.3) is 5.91 Å². The monoisotopic (exact) mass is 408 g/mol. The third-order valence-corrected chi connectivity index (χ3v) is 4.73. The fraction of sp³-hybridized carbons (Fsp3) is 0.227. The molecule has 3 aromatic rings. The molecule has 156 valence electrons. The first-order chi connectivity index (χ1) is 14.5. The Morgan fingerprint density at radius 1 is 1.00 bits per heavy atom. The lowest BCUT2D eigenvalue weighted by Crippen LogP contribution is -2.18. The first-order valence-corrected chi connectivity index (χ1v) is 9.24. The van der Waals surface area contributed by atoms with E-state index in [0.29, 0.717) is 34.2 Å². The Kier molecular flexibility index (Phi) is 6.36. The van der Waals surface area contributed by atoms with E-state index in [1.54, 1.807) is 25.3 Å². The van der Waals surface area contributed by atoms with E-state index in [-0.39, 0.29) is 0 Å². The Hall–Kier alpha value is -3.81. The molecule has 2 aromatic carbocycles. The highest BCUT2D eigenvalue weighted by Crippen LogP contribution is 2.38. The van der Waals surface area contributed by atoms with E-state index in [1.165, 1.54) is 26.0 Å². The number of nitrogens with zero attached hydrogens (tertiary/aromatic N) is 2. The van der Waals surface area contributed by atoms with E-state index < -0.39 is 5.91 Å². The molecule has 0 saturated heterocycles. The molecular formula is C22H24N4O4. The number of amides is 1. The number of aryl methyl sites for hydroxylation is 2. The highest BCUT2D eigenvalue weighted by Gasteiger charge is 2.15. The largest absolute Gasteiger partial charge is 0.493 e. The molecule has 3 rings (SSSR count). The predicted molar refractivity (Wildman–Crippen MR) is 115 cm³/mol. The molecule has 8 heteroatoms. The Balaban J connectivity index is 1.74. The Morgan fingerprint density at radius 2 is 1.77 bits per heavy atom. The van der Waals surface area contributed by atoms with Gasteiger partial charge in [0.15, 0.2) is 11.5 Å². The van der Waals surface area contributed by atoms with Gasteiger partial charge in [-0.1, -0.05) is 12.1 Å². The van der Waals surface area contributed by atoms with Crippen LogP contribution in [0.25, 0.3) is 11.3 Å². The van der Waals surface area contributed by atoms with Crippen LogP contribution in [-0.4, -0.2) is 43.6 Å². The van der Waals surface area contributed by atoms with Gasteiger partial charge < -0.3 is 14.2 Å². The van der Waals surface area contributed by atoms with Crippen molar-refractivity contribution in [1.82, 2.24) is 15.6 Å². The van der Waals surface area contributed by atoms with E-state index in [4.69, 9.17) is 14.2 Å². The molecule has 0 saturated carbocycles. The summed E-state index contributed by atoms with van der Waals surface area (Å²) in [4.78, 5) is 12.4. The van der Waals surface area contributed by atoms with Crippen LogP contribution in [0.3, 0.4) is 0 Å². The molecule has 1 heterocycles. The van der Waals surface area contributed by atoms with Crippen LogP contribution in [0.1, 0.15) is 27.2 Å². The summed E-state index contributed by atoms with van der Waals surface area (Å²) < 4.78 is 16.0. The number of rotatable bonds is 7. The maximum absolute atomic E-state index is 12.4. The van der Waals surface area contributed by atoms with Crippen LogP contribution in [0, 0.1) is 13.8 Å². The van der Waals surface area contributed by atoms with Gasteiger partial charge >= 0.3 is 0 Å². The highest BCUT2D eigenvalue weighted by atomic mass is 16.5. The second-order valence-corrected chi connectivity index (χ2v) is 6.59. The number of aromatic amines is 1. The van der Waals surface area contributed by atoms with Crippen molar-refractivity contribution in [2.45, 2.75) is 13.8 Å². The molecule has 0 aliphatic rings. The van der Waals surface area contributed by atoms with Gasteiger partial charge in [0.05, 0.1) is 33.2 Å². The molecule has 0 bridgehead atoms. The minimum absolute atomic E-state index is 0.305. The maximum atomic E-state index is 12.4. The summed E-state index contributed by atoms with van der Waals surface area (Å²) in [6, 6.07) is 11.2. The third kappa shape index (κ3) is 4.27. The Labute approximate surface area is 174 Å². The molecule has 0 spiro atoms. The lowest BCUT2D eigenvalue weighted by molar-refractivity contribution is 0.0950. The molecule has 0 aliphatic heterocycles. The van der Waals surface area contributed by atoms with E-state index in [2.05, 4.69) is 20.7 Å². The fourth-order valence-electron chi connectivity index (χ4n) is 2.93. The molecule has 2 N–H and O–H groups in total. The quantitative estimate of drug-likeness (QED) is 0.461. The number of benzene rings is 2. The number of hydrazone groups is 1. The summed E-state index contributed by atoms with van der Waals surface area (Å²) in [5.74, 6) is 1.02. The van der Waals surface area contributed by atoms with Gasteiger partial charge in [-0.2, -0.15) is 10.2 Å². The third-order valence-electron chi connectivity index (χ3n) is 4.73. The zero-order chi connectivity index (χ0) is 21.7. The molecule has 0 radical (unpaired) electrons. The average molecular weight is 408 g/mol. The number of methoxy groups -OCH3 is 3. The van der Waals surface area contributed by atoms with Gasteiger partial charge in [-0.25, -0.2) is 5.43 Å². The second kappa shape index (κ2) is 9.13. The van der Waals surface area contributed by atoms with Crippen LogP contribution in [0.15, 0.2) is 41.5 Å². The van der Waals surface area contributed by atoms with Gasteiger partial charge in [-0.05, 0) is 49.2 Å². The van der Waals surface area contributed by atoms with Crippen LogP contribution in [0.2, 0.25) is 0 Å². The van der Waals surface area contributed by atoms with Crippen molar-refractivity contribution in [1.29, 1.82) is 0 Å². The standard InChI is InChI=1S/C22H24N4O4/c1-13-6-7-15(10-14(13)2)17-11-18(25-24-17)22(27)26-23-12-16-8-9-19(28-3)21(30-5)20(16)29-4/h6-12H,1-5H3,(H,24,25)(H,26,27)/b23-12-. The summed E-state index contributed by atoms with van der Waals surface area (Å²) in [5, 5.41) is 11.0. The van der Waals surface area contributed by atoms with Crippen molar-refractivity contribution >= 4 is 12.1 Å². The van der Waals surface area contributed by atoms with Crippen molar-refractivity contribution in [3.8, 4) is 28.5 Å². The molecule has 0 aliphatic carbocycles. The number of hydrogen-bond donors (Lipinski definition) is 2. The van der Waals surface area contributed by atoms with Crippen LogP contribution in [-0.2, 0) is 0 Å². The second-order valence-electron chi connectivity index (χ2n) is 6.59. The summed E-state index contributed by atoms with van der Waals surface area (Å²) in [6.45, 7) is 4.09. The molecule has 8 nitrogen and oxygen atoms in total. The van der Waals surface area contributed by atoms with E-state index in [0.717, 1.165) is 11.1 Å². The number of ether oxygens (including phenoxy) is 3. The zero-order valence-corrected chi connectivity index (χ0v) is 17.6. The Morgan fingerprint density at radius 3 is 2.43 bits per heavy atom. The minimum Gasteiger partial charge on any atom is -0.493 e. The topological polar surface area (TPSA) is 97.8 Å². The number of carbonyl (C=O) groups is 1. The van der Waals surface area contributed by atoms with E-state index in [9.17, 15) is 4.79 Å². The SMILES string of the molecule is COc1ccc(/C=N\NC(=O)c2cc(-c3ccc(C)c(C)c3)n[nH]2)c(OC)c1OC. The predicted octanol–water partition coefficient (Wildman–Crippen LogP) is 3.48. The average Bonchev–Trinajstić information content (AvgIpc) is 3.25. The fourth-order valence-corrected chi connectivity index (χ4v) is 2.93. The van der Waals surface area contributed by atoms with Crippen LogP contribution in [0.4, 0.5) is 0 Å². The van der Waals surface area contributed by atoms with Crippen LogP contribution < -0.4 is 19.6 Å². The van der Waals surface area contributed by atoms with Gasteiger partial charge in [0.2, 0.25) is 5.75 Å². The molecule has 0 fully saturated rings. The van der Waals surface area contributed by atoms with Gasteiger partial charge in [-0.3, -0.25) is 9.89 Å². The van der Waals surface area contributed by atoms with Crippen LogP contribution in [0.5, 0.6) is 17.2 Å². The number of H-pyrrole nitrogens is 1. The number of aromatic nitrogens is 2. The normalized spacial score (nSPS) is 10.8. The molecular weight excluding hydrogens is 384 g/mol. The van der Waals surface area contributed by atoms with E-state index >= 15 is 0 Å². The summed E-state index contributed by atoms with van der Waals surface area (Å²) in [6.07, 6.45) is 1.47. The number of nitrogens with one attached hydrogen (secondary N) is 2. The van der Waals surface area contributed by atoms with Gasteiger partial charge in [-0.15, -0.1) is 0 Å². The molecule has 1 amide bonds. The van der Waals surface area contributed by atoms with Crippen LogP contribution >= 0.6 is 0 Å². The number of hydrogen-bond acceptors (Lipinski definition) is 6. The summed E-state index contributed by atoms with van der Waals surface area (Å²) >= 11 is 0. The molecule has 1 aromatic heterocycles. The molecule has 0 unspecified atom stereocenters. The summed E-state index contributed by atoms with van der Waals surface area (Å²) in [5.41, 5.74) is 7.40. The lowest BCUT2D eigenvalue weighted by atomic mass is 10.0. The molecule has 0 atom stereocenters. The highest BCUT2D eigenvalue weighted by molar-refractivity contribution is 5.94. The first kappa shape index (κ1) is 20.9. The molecule has 30 heavy (non-hydrogen) atoms. The van der Waals surface area contributed by atoms with E-state index in [1.807, 2.05) is 32.0 Å². The minimum atomic E-state index is -0.409. The maximum Gasteiger partial charge on any atom is 0.289 e. The van der Waals surface area contributed by atoms with Gasteiger partial charge in [0, 0.05) is 11.1 Å². The van der Waals surface area contributed by atoms with Gasteiger partial charge in [0.1, 0.15) is 5.69 Å². The lowest BCUT2D eigenvalue weighted by Gasteiger charge is -2.13. The smallest absolute Gasteiger partial charge is 0.289 e. The van der Waals surface area contributed by atoms with Crippen molar-refractivity contribution < 1.29 is 19.0 Å². The van der Waals surface area contributed by atoms with Crippen molar-refractivity contribution in [3.63, 3.8) is 0 Å². The zero-order valence-electron chi connectivity index (χ0n) is 17.6. The Bertz CT molecular complexity index is 1090. The number of carbonyl (C=O) groups excluding carboxylic acids is 1.